The molecule has 0 aliphatic carbocycles. The van der Waals surface area contributed by atoms with E-state index in [1.165, 1.54) is 0 Å². The van der Waals surface area contributed by atoms with Crippen LogP contribution in [0.1, 0.15) is 19.3 Å². The van der Waals surface area contributed by atoms with E-state index in [0.717, 1.165) is 5.52 Å². The molecule has 3 saturated heterocycles. The van der Waals surface area contributed by atoms with Crippen molar-refractivity contribution in [3.63, 3.8) is 0 Å². The van der Waals surface area contributed by atoms with E-state index in [0.29, 0.717) is 24.8 Å². The fourth-order valence-corrected chi connectivity index (χ4v) is 9.82. The topological polar surface area (TPSA) is 118 Å². The van der Waals surface area contributed by atoms with E-state index >= 15 is 0 Å². The van der Waals surface area contributed by atoms with Crippen molar-refractivity contribution in [2.24, 2.45) is 11.8 Å². The molecule has 1 N–H and O–H groups in total. The fraction of sp³-hybridized carbons (Fsp3) is 0.519. The highest BCUT2D eigenvalue weighted by molar-refractivity contribution is 9.09. The number of amides is 2. The number of aromatic nitrogens is 3. The molecule has 1 spiro atoms. The van der Waals surface area contributed by atoms with Crippen molar-refractivity contribution < 1.29 is 24.2 Å². The number of fused-ring (bicyclic) bond motifs is 2. The predicted octanol–water partition coefficient (Wildman–Crippen LogP) is 2.37. The second-order valence-electron chi connectivity index (χ2n) is 10.1. The molecule has 2 aromatic rings. The Morgan fingerprint density at radius 3 is 2.85 bits per heavy atom. The molecule has 5 rings (SSSR count). The third kappa shape index (κ3) is 4.70. The van der Waals surface area contributed by atoms with Gasteiger partial charge in [0.1, 0.15) is 18.2 Å². The Balaban J connectivity index is 1.50. The second-order valence-corrected chi connectivity index (χ2v) is 12.8. The van der Waals surface area contributed by atoms with Gasteiger partial charge in [-0.2, -0.15) is 0 Å². The number of halogens is 1. The quantitative estimate of drug-likeness (QED) is 0.167. The summed E-state index contributed by atoms with van der Waals surface area (Å²) in [4.78, 5) is 44.9. The molecule has 4 heterocycles. The summed E-state index contributed by atoms with van der Waals surface area (Å²) in [6, 6.07) is 6.69. The van der Waals surface area contributed by atoms with Crippen LogP contribution < -0.4 is 0 Å². The van der Waals surface area contributed by atoms with E-state index in [1.807, 2.05) is 24.3 Å². The Labute approximate surface area is 239 Å². The van der Waals surface area contributed by atoms with Crippen LogP contribution in [0.3, 0.4) is 0 Å². The first-order valence-electron chi connectivity index (χ1n) is 13.1. The van der Waals surface area contributed by atoms with Gasteiger partial charge in [0.25, 0.3) is 0 Å². The Morgan fingerprint density at radius 1 is 1.31 bits per heavy atom. The molecule has 10 nitrogen and oxygen atoms in total. The average molecular weight is 619 g/mol. The number of nitrogens with zero attached hydrogens (tertiary/aromatic N) is 5. The molecule has 2 amide bonds. The number of aliphatic hydroxyl groups excluding tert-OH is 1. The minimum absolute atomic E-state index is 0.0521. The number of aliphatic hydroxyl groups is 1. The minimum Gasteiger partial charge on any atom is -0.465 e. The van der Waals surface area contributed by atoms with Crippen molar-refractivity contribution >= 4 is 56.5 Å². The van der Waals surface area contributed by atoms with Gasteiger partial charge in [-0.15, -0.1) is 30.0 Å². The van der Waals surface area contributed by atoms with Crippen LogP contribution in [-0.2, 0) is 25.8 Å². The van der Waals surface area contributed by atoms with Crippen LogP contribution in [0.25, 0.3) is 11.0 Å². The first-order chi connectivity index (χ1) is 18.9. The first kappa shape index (κ1) is 27.9. The van der Waals surface area contributed by atoms with Gasteiger partial charge in [-0.05, 0) is 31.4 Å². The number of hydrogen-bond donors (Lipinski definition) is 1. The second kappa shape index (κ2) is 11.4. The fourth-order valence-electron chi connectivity index (χ4n) is 6.23. The molecular formula is C27H32BrN5O5S. The molecule has 3 fully saturated rings. The van der Waals surface area contributed by atoms with Crippen LogP contribution in [0.5, 0.6) is 0 Å². The lowest BCUT2D eigenvalue weighted by Crippen LogP contribution is -2.55. The van der Waals surface area contributed by atoms with E-state index in [4.69, 9.17) is 4.74 Å². The summed E-state index contributed by atoms with van der Waals surface area (Å²) in [7, 11) is 0. The van der Waals surface area contributed by atoms with Crippen LogP contribution >= 0.6 is 27.7 Å². The number of likely N-dealkylation sites (tertiary alicyclic amines) is 1. The molecule has 3 aliphatic heterocycles. The van der Waals surface area contributed by atoms with Crippen LogP contribution in [0, 0.1) is 11.8 Å². The maximum Gasteiger partial charge on any atom is 0.310 e. The van der Waals surface area contributed by atoms with E-state index in [1.54, 1.807) is 38.4 Å². The standard InChI is InChI=1S/C27H32BrN5O5S/c1-3-5-14-38-26(37)20-21-24(35)32(12-8-13-34)23(27(21)15-17(28)22(20)39-27)25(36)31(11-4-2)16-33-19-10-7-6-9-18(19)29-30-33/h3-4,6-7,9-10,17,20-23,34H,1-2,5,8,11-16H2/t17?,20-,21+,22-,23?,27?/m1/s1. The monoisotopic (exact) mass is 617 g/mol. The summed E-state index contributed by atoms with van der Waals surface area (Å²) in [5.74, 6) is -2.22. The first-order valence-corrected chi connectivity index (χ1v) is 14.9. The third-order valence-electron chi connectivity index (χ3n) is 7.80. The zero-order chi connectivity index (χ0) is 27.7. The number of carbonyl (C=O) groups is 3. The average Bonchev–Trinajstić information content (AvgIpc) is 3.64. The lowest BCUT2D eigenvalue weighted by Gasteiger charge is -2.37. The summed E-state index contributed by atoms with van der Waals surface area (Å²) >= 11 is 5.31. The van der Waals surface area contributed by atoms with Crippen molar-refractivity contribution in [2.75, 3.05) is 26.3 Å². The lowest BCUT2D eigenvalue weighted by molar-refractivity contribution is -0.154. The number of benzene rings is 1. The molecule has 1 aromatic carbocycles. The summed E-state index contributed by atoms with van der Waals surface area (Å²) in [6.07, 6.45) is 4.74. The Kier molecular flexibility index (Phi) is 8.16. The SMILES string of the molecule is C=CCCOC(=O)[C@H]1[C@@H]2SC3(CC2Br)C(C(=O)N(CC=C)Cn2nnc4ccccc42)N(CCCO)C(=O)[C@H]13. The smallest absolute Gasteiger partial charge is 0.310 e. The molecule has 6 atom stereocenters. The molecule has 1 aromatic heterocycles. The number of esters is 1. The van der Waals surface area contributed by atoms with E-state index in [2.05, 4.69) is 39.4 Å². The lowest BCUT2D eigenvalue weighted by atomic mass is 9.71. The van der Waals surface area contributed by atoms with E-state index in [-0.39, 0.29) is 54.9 Å². The van der Waals surface area contributed by atoms with Crippen LogP contribution in [0.4, 0.5) is 0 Å². The number of thioether (sulfide) groups is 1. The zero-order valence-electron chi connectivity index (χ0n) is 21.5. The number of para-hydroxylation sites is 1. The van der Waals surface area contributed by atoms with Crippen LogP contribution in [0.2, 0.25) is 0 Å². The minimum atomic E-state index is -0.808. The van der Waals surface area contributed by atoms with Crippen molar-refractivity contribution in [1.29, 1.82) is 0 Å². The van der Waals surface area contributed by atoms with Gasteiger partial charge in [-0.25, -0.2) is 4.68 Å². The molecule has 12 heteroatoms. The number of carbonyl (C=O) groups excluding carboxylic acids is 3. The third-order valence-corrected chi connectivity index (χ3v) is 11.0. The summed E-state index contributed by atoms with van der Waals surface area (Å²) in [5, 5.41) is 17.8. The van der Waals surface area contributed by atoms with Crippen molar-refractivity contribution in [3.05, 3.63) is 49.6 Å². The largest absolute Gasteiger partial charge is 0.465 e. The van der Waals surface area contributed by atoms with Gasteiger partial charge in [0.15, 0.2) is 0 Å². The normalized spacial score (nSPS) is 29.0. The summed E-state index contributed by atoms with van der Waals surface area (Å²) in [6.45, 7) is 8.18. The molecule has 0 saturated carbocycles. The maximum atomic E-state index is 14.4. The van der Waals surface area contributed by atoms with Crippen molar-refractivity contribution in [2.45, 2.75) is 46.8 Å². The summed E-state index contributed by atoms with van der Waals surface area (Å²) in [5.41, 5.74) is 1.50. The highest BCUT2D eigenvalue weighted by Crippen LogP contribution is 2.68. The molecule has 39 heavy (non-hydrogen) atoms. The number of hydrogen-bond acceptors (Lipinski definition) is 8. The van der Waals surface area contributed by atoms with E-state index < -0.39 is 28.6 Å². The number of rotatable bonds is 12. The van der Waals surface area contributed by atoms with Gasteiger partial charge in [-0.3, -0.25) is 14.4 Å². The number of ether oxygens (including phenoxy) is 1. The highest BCUT2D eigenvalue weighted by atomic mass is 79.9. The Hall–Kier alpha value is -2.70. The Morgan fingerprint density at radius 2 is 2.10 bits per heavy atom. The maximum absolute atomic E-state index is 14.4. The summed E-state index contributed by atoms with van der Waals surface area (Å²) < 4.78 is 6.41. The van der Waals surface area contributed by atoms with Gasteiger partial charge >= 0.3 is 5.97 Å². The predicted molar refractivity (Wildman–Crippen MR) is 151 cm³/mol. The van der Waals surface area contributed by atoms with Crippen molar-refractivity contribution in [1.82, 2.24) is 24.8 Å². The van der Waals surface area contributed by atoms with Gasteiger partial charge in [-0.1, -0.05) is 45.4 Å². The number of alkyl halides is 1. The molecular weight excluding hydrogens is 586 g/mol. The van der Waals surface area contributed by atoms with Gasteiger partial charge in [0, 0.05) is 29.8 Å². The van der Waals surface area contributed by atoms with E-state index in [9.17, 15) is 19.5 Å². The van der Waals surface area contributed by atoms with Crippen LogP contribution in [0.15, 0.2) is 49.6 Å². The molecule has 208 valence electrons. The molecule has 3 aliphatic rings. The Bertz CT molecular complexity index is 1290. The molecule has 2 bridgehead atoms. The zero-order valence-corrected chi connectivity index (χ0v) is 23.9. The molecule has 0 radical (unpaired) electrons. The van der Waals surface area contributed by atoms with Crippen molar-refractivity contribution in [3.8, 4) is 0 Å². The van der Waals surface area contributed by atoms with Gasteiger partial charge in [0.2, 0.25) is 11.8 Å². The highest BCUT2D eigenvalue weighted by Gasteiger charge is 2.76. The van der Waals surface area contributed by atoms with Gasteiger partial charge in [0.05, 0.1) is 28.7 Å². The van der Waals surface area contributed by atoms with Crippen LogP contribution in [-0.4, -0.2) is 94.9 Å². The van der Waals surface area contributed by atoms with Gasteiger partial charge < -0.3 is 19.6 Å². The molecule has 3 unspecified atom stereocenters.